The van der Waals surface area contributed by atoms with Crippen molar-refractivity contribution in [3.05, 3.63) is 29.8 Å². The van der Waals surface area contributed by atoms with Gasteiger partial charge in [0.1, 0.15) is 5.54 Å². The van der Waals surface area contributed by atoms with Crippen LogP contribution in [0.2, 0.25) is 0 Å². The van der Waals surface area contributed by atoms with Crippen LogP contribution in [0.15, 0.2) is 29.2 Å². The summed E-state index contributed by atoms with van der Waals surface area (Å²) in [6, 6.07) is 8.44. The van der Waals surface area contributed by atoms with Gasteiger partial charge >= 0.3 is 5.97 Å². The monoisotopic (exact) mass is 307 g/mol. The minimum absolute atomic E-state index is 0.0836. The summed E-state index contributed by atoms with van der Waals surface area (Å²) in [5, 5.41) is 3.85. The first kappa shape index (κ1) is 16.4. The van der Waals surface area contributed by atoms with Crippen LogP contribution < -0.4 is 5.32 Å². The molecule has 4 heteroatoms. The molecule has 2 atom stereocenters. The van der Waals surface area contributed by atoms with E-state index >= 15 is 0 Å². The Morgan fingerprint density at radius 3 is 2.86 bits per heavy atom. The SMILES string of the molecule is CCNC1(C(=O)OCC)CCC(Sc2ccccc2C)C1. The normalized spacial score (nSPS) is 25.0. The van der Waals surface area contributed by atoms with Crippen LogP contribution in [0.4, 0.5) is 0 Å². The van der Waals surface area contributed by atoms with E-state index in [1.165, 1.54) is 10.5 Å². The van der Waals surface area contributed by atoms with Crippen molar-refractivity contribution in [2.75, 3.05) is 13.2 Å². The van der Waals surface area contributed by atoms with Crippen molar-refractivity contribution < 1.29 is 9.53 Å². The number of hydrogen-bond donors (Lipinski definition) is 1. The van der Waals surface area contributed by atoms with Crippen molar-refractivity contribution in [3.63, 3.8) is 0 Å². The summed E-state index contributed by atoms with van der Waals surface area (Å²) in [5.74, 6) is -0.0836. The molecular formula is C17H25NO2S. The maximum Gasteiger partial charge on any atom is 0.326 e. The zero-order chi connectivity index (χ0) is 15.3. The van der Waals surface area contributed by atoms with Gasteiger partial charge in [-0.3, -0.25) is 4.79 Å². The minimum Gasteiger partial charge on any atom is -0.465 e. The van der Waals surface area contributed by atoms with Crippen molar-refractivity contribution in [2.24, 2.45) is 0 Å². The highest BCUT2D eigenvalue weighted by atomic mass is 32.2. The van der Waals surface area contributed by atoms with Gasteiger partial charge in [-0.05, 0) is 51.3 Å². The van der Waals surface area contributed by atoms with E-state index in [9.17, 15) is 4.79 Å². The lowest BCUT2D eigenvalue weighted by Gasteiger charge is -2.27. The van der Waals surface area contributed by atoms with Gasteiger partial charge in [0.15, 0.2) is 0 Å². The summed E-state index contributed by atoms with van der Waals surface area (Å²) < 4.78 is 5.29. The number of aryl methyl sites for hydroxylation is 1. The summed E-state index contributed by atoms with van der Waals surface area (Å²) in [4.78, 5) is 13.6. The molecule has 0 amide bonds. The van der Waals surface area contributed by atoms with Crippen molar-refractivity contribution in [3.8, 4) is 0 Å². The number of benzene rings is 1. The predicted octanol–water partition coefficient (Wildman–Crippen LogP) is 3.55. The molecular weight excluding hydrogens is 282 g/mol. The fraction of sp³-hybridized carbons (Fsp3) is 0.588. The Balaban J connectivity index is 2.06. The van der Waals surface area contributed by atoms with Gasteiger partial charge in [0.05, 0.1) is 6.61 Å². The smallest absolute Gasteiger partial charge is 0.326 e. The molecule has 2 unspecified atom stereocenters. The average molecular weight is 307 g/mol. The summed E-state index contributed by atoms with van der Waals surface area (Å²) in [6.07, 6.45) is 2.76. The molecule has 1 saturated carbocycles. The highest BCUT2D eigenvalue weighted by Gasteiger charge is 2.46. The standard InChI is InChI=1S/C17H25NO2S/c1-4-18-17(16(19)20-5-2)11-10-14(12-17)21-15-9-7-6-8-13(15)3/h6-9,14,18H,4-5,10-12H2,1-3H3. The Kier molecular flexibility index (Phi) is 5.71. The van der Waals surface area contributed by atoms with Crippen molar-refractivity contribution in [2.45, 2.75) is 55.7 Å². The van der Waals surface area contributed by atoms with Gasteiger partial charge < -0.3 is 10.1 Å². The van der Waals surface area contributed by atoms with Gasteiger partial charge in [0, 0.05) is 10.1 Å². The third-order valence-electron chi connectivity index (χ3n) is 4.04. The summed E-state index contributed by atoms with van der Waals surface area (Å²) >= 11 is 1.89. The number of esters is 1. The Hall–Kier alpha value is -1.00. The molecule has 0 bridgehead atoms. The third-order valence-corrected chi connectivity index (χ3v) is 5.49. The molecule has 1 aromatic carbocycles. The topological polar surface area (TPSA) is 38.3 Å². The van der Waals surface area contributed by atoms with Crippen LogP contribution in [-0.4, -0.2) is 29.9 Å². The fourth-order valence-electron chi connectivity index (χ4n) is 2.99. The number of nitrogens with one attached hydrogen (secondary N) is 1. The summed E-state index contributed by atoms with van der Waals surface area (Å²) in [5.41, 5.74) is 0.824. The molecule has 1 aromatic rings. The Morgan fingerprint density at radius 1 is 1.43 bits per heavy atom. The average Bonchev–Trinajstić information content (AvgIpc) is 2.87. The molecule has 0 heterocycles. The first-order valence-corrected chi connectivity index (χ1v) is 8.64. The van der Waals surface area contributed by atoms with Crippen LogP contribution in [0.3, 0.4) is 0 Å². The molecule has 0 saturated heterocycles. The van der Waals surface area contributed by atoms with Crippen LogP contribution in [0.5, 0.6) is 0 Å². The number of hydrogen-bond acceptors (Lipinski definition) is 4. The van der Waals surface area contributed by atoms with Crippen LogP contribution >= 0.6 is 11.8 Å². The van der Waals surface area contributed by atoms with E-state index < -0.39 is 5.54 Å². The van der Waals surface area contributed by atoms with Crippen LogP contribution in [-0.2, 0) is 9.53 Å². The van der Waals surface area contributed by atoms with Gasteiger partial charge in [0.2, 0.25) is 0 Å². The summed E-state index contributed by atoms with van der Waals surface area (Å²) in [7, 11) is 0. The zero-order valence-electron chi connectivity index (χ0n) is 13.1. The van der Waals surface area contributed by atoms with E-state index in [0.29, 0.717) is 11.9 Å². The maximum atomic E-state index is 12.3. The van der Waals surface area contributed by atoms with Crippen molar-refractivity contribution in [1.29, 1.82) is 0 Å². The molecule has 2 rings (SSSR count). The molecule has 0 radical (unpaired) electrons. The van der Waals surface area contributed by atoms with Gasteiger partial charge in [-0.25, -0.2) is 0 Å². The molecule has 116 valence electrons. The van der Waals surface area contributed by atoms with Gasteiger partial charge in [-0.15, -0.1) is 11.8 Å². The molecule has 1 N–H and O–H groups in total. The highest BCUT2D eigenvalue weighted by molar-refractivity contribution is 8.00. The first-order valence-electron chi connectivity index (χ1n) is 7.76. The molecule has 3 nitrogen and oxygen atoms in total. The highest BCUT2D eigenvalue weighted by Crippen LogP contribution is 2.41. The molecule has 1 aliphatic carbocycles. The van der Waals surface area contributed by atoms with E-state index in [2.05, 4.69) is 36.5 Å². The zero-order valence-corrected chi connectivity index (χ0v) is 14.0. The maximum absolute atomic E-state index is 12.3. The van der Waals surface area contributed by atoms with E-state index in [4.69, 9.17) is 4.74 Å². The van der Waals surface area contributed by atoms with Gasteiger partial charge in [-0.2, -0.15) is 0 Å². The van der Waals surface area contributed by atoms with Gasteiger partial charge in [-0.1, -0.05) is 25.1 Å². The van der Waals surface area contributed by atoms with E-state index in [0.717, 1.165) is 25.8 Å². The lowest BCUT2D eigenvalue weighted by Crippen LogP contribution is -2.51. The van der Waals surface area contributed by atoms with Crippen molar-refractivity contribution in [1.82, 2.24) is 5.32 Å². The minimum atomic E-state index is -0.481. The third kappa shape index (κ3) is 3.80. The van der Waals surface area contributed by atoms with Crippen LogP contribution in [0.25, 0.3) is 0 Å². The largest absolute Gasteiger partial charge is 0.465 e. The number of carbonyl (C=O) groups excluding carboxylic acids is 1. The number of rotatable bonds is 6. The van der Waals surface area contributed by atoms with E-state index in [1.54, 1.807) is 0 Å². The Morgan fingerprint density at radius 2 is 2.19 bits per heavy atom. The van der Waals surface area contributed by atoms with Crippen LogP contribution in [0, 0.1) is 6.92 Å². The predicted molar refractivity (Wildman–Crippen MR) is 87.7 cm³/mol. The van der Waals surface area contributed by atoms with Crippen LogP contribution in [0.1, 0.15) is 38.7 Å². The molecule has 1 fully saturated rings. The second-order valence-corrected chi connectivity index (χ2v) is 6.92. The van der Waals surface area contributed by atoms with E-state index in [-0.39, 0.29) is 5.97 Å². The molecule has 0 aromatic heterocycles. The molecule has 21 heavy (non-hydrogen) atoms. The number of carbonyl (C=O) groups is 1. The first-order chi connectivity index (χ1) is 10.1. The van der Waals surface area contributed by atoms with E-state index in [1.807, 2.05) is 25.6 Å². The Labute approximate surface area is 131 Å². The lowest BCUT2D eigenvalue weighted by atomic mass is 9.98. The second-order valence-electron chi connectivity index (χ2n) is 5.58. The molecule has 0 aliphatic heterocycles. The lowest BCUT2D eigenvalue weighted by molar-refractivity contribution is -0.151. The number of thioether (sulfide) groups is 1. The van der Waals surface area contributed by atoms with Gasteiger partial charge in [0.25, 0.3) is 0 Å². The Bertz CT molecular complexity index is 491. The second kappa shape index (κ2) is 7.32. The molecule has 0 spiro atoms. The quantitative estimate of drug-likeness (QED) is 0.816. The number of likely N-dealkylation sites (N-methyl/N-ethyl adjacent to an activating group) is 1. The fourth-order valence-corrected chi connectivity index (χ4v) is 4.37. The van der Waals surface area contributed by atoms with Crippen molar-refractivity contribution >= 4 is 17.7 Å². The summed E-state index contributed by atoms with van der Waals surface area (Å²) in [6.45, 7) is 7.29. The molecule has 1 aliphatic rings. The number of ether oxygens (including phenoxy) is 1.